The van der Waals surface area contributed by atoms with E-state index in [-0.39, 0.29) is 30.1 Å². The summed E-state index contributed by atoms with van der Waals surface area (Å²) in [5, 5.41) is 12.7. The lowest BCUT2D eigenvalue weighted by molar-refractivity contribution is -0.150. The summed E-state index contributed by atoms with van der Waals surface area (Å²) in [4.78, 5) is 27.7. The maximum Gasteiger partial charge on any atom is 0.332 e. The average molecular weight is 616 g/mol. The SMILES string of the molecule is CC1=CCN[C@@](C(=O)O)(C(=O)C(N)Cc2cccc(C(N)=NS(=O)(=O)c3ccc4c(c3)CN(Cc3ccccc3)CC4)c2)C1. The number of sulfonamides is 1. The number of hydrogen-bond donors (Lipinski definition) is 4. The van der Waals surface area contributed by atoms with Crippen LogP contribution in [0.15, 0.2) is 93.7 Å². The number of ketones is 1. The fraction of sp³-hybridized carbons (Fsp3) is 0.303. The van der Waals surface area contributed by atoms with Crippen molar-refractivity contribution in [2.24, 2.45) is 15.9 Å². The predicted molar refractivity (Wildman–Crippen MR) is 168 cm³/mol. The first-order valence-corrected chi connectivity index (χ1v) is 15.9. The highest BCUT2D eigenvalue weighted by Gasteiger charge is 2.48. The Hall–Kier alpha value is -4.16. The van der Waals surface area contributed by atoms with E-state index in [1.807, 2.05) is 30.3 Å². The number of rotatable bonds is 10. The van der Waals surface area contributed by atoms with Crippen molar-refractivity contribution >= 4 is 27.6 Å². The number of carbonyl (C=O) groups excluding carboxylic acids is 1. The van der Waals surface area contributed by atoms with E-state index < -0.39 is 33.4 Å². The van der Waals surface area contributed by atoms with Crippen LogP contribution in [0.2, 0.25) is 0 Å². The zero-order chi connectivity index (χ0) is 31.5. The van der Waals surface area contributed by atoms with Crippen LogP contribution in [0, 0.1) is 0 Å². The van der Waals surface area contributed by atoms with Crippen LogP contribution in [-0.2, 0) is 45.5 Å². The monoisotopic (exact) mass is 615 g/mol. The first kappa shape index (κ1) is 31.3. The quantitative estimate of drug-likeness (QED) is 0.116. The van der Waals surface area contributed by atoms with E-state index in [0.717, 1.165) is 36.2 Å². The molecule has 0 aromatic heterocycles. The van der Waals surface area contributed by atoms with Gasteiger partial charge in [0.05, 0.1) is 10.9 Å². The highest BCUT2D eigenvalue weighted by molar-refractivity contribution is 7.90. The molecule has 10 nitrogen and oxygen atoms in total. The van der Waals surface area contributed by atoms with E-state index in [1.54, 1.807) is 43.3 Å². The lowest BCUT2D eigenvalue weighted by Crippen LogP contribution is -2.64. The van der Waals surface area contributed by atoms with Crippen molar-refractivity contribution in [2.75, 3.05) is 13.1 Å². The number of nitrogens with one attached hydrogen (secondary N) is 1. The van der Waals surface area contributed by atoms with E-state index in [4.69, 9.17) is 11.5 Å². The van der Waals surface area contributed by atoms with Gasteiger partial charge in [0.25, 0.3) is 10.0 Å². The van der Waals surface area contributed by atoms with Gasteiger partial charge in [0, 0.05) is 38.2 Å². The molecule has 2 heterocycles. The fourth-order valence-corrected chi connectivity index (χ4v) is 6.87. The Labute approximate surface area is 257 Å². The normalized spacial score (nSPS) is 20.0. The van der Waals surface area contributed by atoms with Gasteiger partial charge < -0.3 is 16.6 Å². The van der Waals surface area contributed by atoms with Gasteiger partial charge in [0.2, 0.25) is 0 Å². The lowest BCUT2D eigenvalue weighted by atomic mass is 9.80. The summed E-state index contributed by atoms with van der Waals surface area (Å²) < 4.78 is 30.5. The summed E-state index contributed by atoms with van der Waals surface area (Å²) in [5.41, 5.74) is 15.6. The van der Waals surface area contributed by atoms with E-state index in [0.29, 0.717) is 17.7 Å². The van der Waals surface area contributed by atoms with Gasteiger partial charge in [-0.3, -0.25) is 15.0 Å². The van der Waals surface area contributed by atoms with Crippen LogP contribution >= 0.6 is 0 Å². The Morgan fingerprint density at radius 2 is 1.80 bits per heavy atom. The zero-order valence-corrected chi connectivity index (χ0v) is 25.4. The van der Waals surface area contributed by atoms with Crippen LogP contribution in [-0.4, -0.2) is 60.7 Å². The molecular weight excluding hydrogens is 578 g/mol. The second kappa shape index (κ2) is 12.8. The molecule has 6 N–H and O–H groups in total. The summed E-state index contributed by atoms with van der Waals surface area (Å²) in [5.74, 6) is -2.10. The van der Waals surface area contributed by atoms with Gasteiger partial charge >= 0.3 is 5.97 Å². The summed E-state index contributed by atoms with van der Waals surface area (Å²) in [6, 6.07) is 20.7. The number of aliphatic carboxylic acids is 1. The first-order valence-electron chi connectivity index (χ1n) is 14.5. The molecule has 0 amide bonds. The topological polar surface area (TPSA) is 168 Å². The average Bonchev–Trinajstić information content (AvgIpc) is 3.00. The molecule has 0 radical (unpaired) electrons. The molecule has 0 saturated carbocycles. The van der Waals surface area contributed by atoms with Gasteiger partial charge in [-0.1, -0.05) is 66.2 Å². The van der Waals surface area contributed by atoms with Crippen LogP contribution in [0.5, 0.6) is 0 Å². The molecule has 0 aliphatic carbocycles. The number of carboxylic acid groups (broad SMARTS) is 1. The van der Waals surface area contributed by atoms with Crippen molar-refractivity contribution < 1.29 is 23.1 Å². The molecule has 1 unspecified atom stereocenters. The van der Waals surface area contributed by atoms with Crippen molar-refractivity contribution in [2.45, 2.75) is 55.8 Å². The minimum Gasteiger partial charge on any atom is -0.480 e. The molecule has 0 bridgehead atoms. The molecule has 5 rings (SSSR count). The Morgan fingerprint density at radius 3 is 2.52 bits per heavy atom. The third-order valence-corrected chi connectivity index (χ3v) is 9.52. The highest BCUT2D eigenvalue weighted by atomic mass is 32.2. The minimum absolute atomic E-state index is 0.0279. The Kier molecular flexibility index (Phi) is 9.12. The van der Waals surface area contributed by atoms with Crippen LogP contribution in [0.25, 0.3) is 0 Å². The Balaban J connectivity index is 1.31. The Morgan fingerprint density at radius 1 is 1.05 bits per heavy atom. The molecule has 11 heteroatoms. The van der Waals surface area contributed by atoms with Crippen LogP contribution in [0.1, 0.15) is 41.2 Å². The molecule has 2 aliphatic rings. The number of benzene rings is 3. The standard InChI is InChI=1S/C33H37N5O5S/c1-22-12-14-36-33(19-22,32(40)41)30(39)29(34)17-24-8-5-9-26(16-24)31(35)37-44(42,43)28-11-10-25-13-15-38(21-27(25)18-28)20-23-6-3-2-4-7-23/h2-12,16,18,29,36H,13-15,17,19-21,34H2,1H3,(H2,35,37)(H,40,41)/t29?,33-/m1/s1. The molecule has 44 heavy (non-hydrogen) atoms. The van der Waals surface area contributed by atoms with Crippen LogP contribution in [0.4, 0.5) is 0 Å². The number of carbonyl (C=O) groups is 2. The number of hydrogen-bond acceptors (Lipinski definition) is 7. The number of carboxylic acids is 1. The molecule has 3 aromatic carbocycles. The molecule has 0 saturated heterocycles. The molecule has 0 fully saturated rings. The maximum absolute atomic E-state index is 13.3. The molecule has 230 valence electrons. The van der Waals surface area contributed by atoms with E-state index >= 15 is 0 Å². The summed E-state index contributed by atoms with van der Waals surface area (Å²) in [6.45, 7) is 4.32. The van der Waals surface area contributed by atoms with Gasteiger partial charge in [0.1, 0.15) is 5.84 Å². The number of Topliss-reactive ketones (excluding diaryl/α,β-unsaturated/α-hetero) is 1. The molecular formula is C33H37N5O5S. The minimum atomic E-state index is -4.12. The summed E-state index contributed by atoms with van der Waals surface area (Å²) >= 11 is 0. The number of nitrogens with two attached hydrogens (primary N) is 2. The lowest BCUT2D eigenvalue weighted by Gasteiger charge is -2.34. The number of amidine groups is 1. The van der Waals surface area contributed by atoms with Crippen molar-refractivity contribution in [3.05, 3.63) is 112 Å². The smallest absolute Gasteiger partial charge is 0.332 e. The highest BCUT2D eigenvalue weighted by Crippen LogP contribution is 2.26. The molecule has 3 aromatic rings. The zero-order valence-electron chi connectivity index (χ0n) is 24.6. The second-order valence-corrected chi connectivity index (χ2v) is 13.1. The fourth-order valence-electron chi connectivity index (χ4n) is 5.87. The van der Waals surface area contributed by atoms with E-state index in [2.05, 4.69) is 26.7 Å². The summed E-state index contributed by atoms with van der Waals surface area (Å²) in [6.07, 6.45) is 2.73. The van der Waals surface area contributed by atoms with Crippen molar-refractivity contribution in [3.63, 3.8) is 0 Å². The third-order valence-electron chi connectivity index (χ3n) is 8.23. The second-order valence-electron chi connectivity index (χ2n) is 11.5. The summed E-state index contributed by atoms with van der Waals surface area (Å²) in [7, 11) is -4.12. The van der Waals surface area contributed by atoms with Crippen molar-refractivity contribution in [1.82, 2.24) is 10.2 Å². The van der Waals surface area contributed by atoms with E-state index in [1.165, 1.54) is 5.56 Å². The molecule has 2 atom stereocenters. The van der Waals surface area contributed by atoms with Gasteiger partial charge in [-0.25, -0.2) is 4.79 Å². The predicted octanol–water partition coefficient (Wildman–Crippen LogP) is 2.54. The van der Waals surface area contributed by atoms with Crippen LogP contribution < -0.4 is 16.8 Å². The largest absolute Gasteiger partial charge is 0.480 e. The van der Waals surface area contributed by atoms with Gasteiger partial charge in [0.15, 0.2) is 11.3 Å². The maximum atomic E-state index is 13.3. The van der Waals surface area contributed by atoms with Crippen molar-refractivity contribution in [3.8, 4) is 0 Å². The Bertz CT molecular complexity index is 1740. The van der Waals surface area contributed by atoms with Gasteiger partial charge in [-0.05, 0) is 60.2 Å². The molecule has 2 aliphatic heterocycles. The van der Waals surface area contributed by atoms with E-state index in [9.17, 15) is 23.1 Å². The first-order chi connectivity index (χ1) is 21.0. The van der Waals surface area contributed by atoms with Crippen LogP contribution in [0.3, 0.4) is 0 Å². The molecule has 0 spiro atoms. The van der Waals surface area contributed by atoms with Gasteiger partial charge in [-0.15, -0.1) is 4.40 Å². The van der Waals surface area contributed by atoms with Crippen molar-refractivity contribution in [1.29, 1.82) is 0 Å². The number of fused-ring (bicyclic) bond motifs is 1. The third kappa shape index (κ3) is 6.81. The number of nitrogens with zero attached hydrogens (tertiary/aromatic N) is 2. The van der Waals surface area contributed by atoms with Gasteiger partial charge in [-0.2, -0.15) is 8.42 Å².